The molecule has 0 spiro atoms. The number of nitrogens with one attached hydrogen (secondary N) is 1. The molecule has 5 N–H and O–H groups in total. The molecule has 2 rings (SSSR count). The molecule has 0 bridgehead atoms. The molecule has 0 saturated heterocycles. The summed E-state index contributed by atoms with van der Waals surface area (Å²) in [4.78, 5) is 13.8. The van der Waals surface area contributed by atoms with Gasteiger partial charge in [0.2, 0.25) is 5.91 Å². The predicted octanol–water partition coefficient (Wildman–Crippen LogP) is 1.08. The van der Waals surface area contributed by atoms with E-state index in [1.807, 2.05) is 6.07 Å². The first kappa shape index (κ1) is 17.1. The molecule has 1 heterocycles. The van der Waals surface area contributed by atoms with Gasteiger partial charge < -0.3 is 10.5 Å². The van der Waals surface area contributed by atoms with Gasteiger partial charge >= 0.3 is 0 Å². The topological polar surface area (TPSA) is 140 Å². The number of amides is 1. The molecule has 8 heteroatoms. The van der Waals surface area contributed by atoms with Crippen LogP contribution in [0.2, 0.25) is 0 Å². The van der Waals surface area contributed by atoms with E-state index in [1.165, 1.54) is 0 Å². The third kappa shape index (κ3) is 3.40. The zero-order valence-electron chi connectivity index (χ0n) is 12.8. The van der Waals surface area contributed by atoms with Crippen molar-refractivity contribution in [2.75, 3.05) is 18.6 Å². The highest BCUT2D eigenvalue weighted by molar-refractivity contribution is 7.99. The van der Waals surface area contributed by atoms with Crippen LogP contribution in [0, 0.1) is 22.7 Å². The number of nitrogen functional groups attached to an aromatic ring is 1. The second-order valence-corrected chi connectivity index (χ2v) is 5.69. The number of methoxy groups -OCH3 is 1. The van der Waals surface area contributed by atoms with Gasteiger partial charge in [-0.25, -0.2) is 4.98 Å². The minimum absolute atomic E-state index is 0.0153. The Labute approximate surface area is 142 Å². The lowest BCUT2D eigenvalue weighted by molar-refractivity contribution is -0.410. The van der Waals surface area contributed by atoms with Crippen LogP contribution in [0.15, 0.2) is 29.3 Å². The second kappa shape index (κ2) is 7.36. The van der Waals surface area contributed by atoms with Crippen LogP contribution in [0.5, 0.6) is 5.75 Å². The zero-order chi connectivity index (χ0) is 17.7. The van der Waals surface area contributed by atoms with Crippen LogP contribution in [0.4, 0.5) is 5.82 Å². The first-order valence-electron chi connectivity index (χ1n) is 6.76. The van der Waals surface area contributed by atoms with E-state index in [0.717, 1.165) is 11.8 Å². The predicted molar refractivity (Wildman–Crippen MR) is 88.7 cm³/mol. The number of carbonyl (C=O) groups excluding carboxylic acids is 1. The average molecular weight is 340 g/mol. The summed E-state index contributed by atoms with van der Waals surface area (Å²) in [6, 6.07) is 11.0. The SMILES string of the molecule is COc1ccc(-c2c(C#N)c(N)[nH+]c(SCC(N)=O)c2C#N)cc1. The average Bonchev–Trinajstić information content (AvgIpc) is 2.59. The van der Waals surface area contributed by atoms with E-state index < -0.39 is 5.91 Å². The van der Waals surface area contributed by atoms with E-state index in [9.17, 15) is 15.3 Å². The lowest BCUT2D eigenvalue weighted by atomic mass is 9.97. The number of primary amides is 1. The number of hydrogen-bond donors (Lipinski definition) is 2. The number of nitrogens with zero attached hydrogens (tertiary/aromatic N) is 2. The molecule has 120 valence electrons. The molecule has 0 unspecified atom stereocenters. The smallest absolute Gasteiger partial charge is 0.289 e. The summed E-state index contributed by atoms with van der Waals surface area (Å²) in [7, 11) is 1.55. The van der Waals surface area contributed by atoms with Crippen LogP contribution in [0.1, 0.15) is 11.1 Å². The largest absolute Gasteiger partial charge is 0.497 e. The highest BCUT2D eigenvalue weighted by Gasteiger charge is 2.24. The number of rotatable bonds is 5. The maximum absolute atomic E-state index is 11.0. The Morgan fingerprint density at radius 3 is 2.38 bits per heavy atom. The highest BCUT2D eigenvalue weighted by Crippen LogP contribution is 2.34. The molecule has 0 radical (unpaired) electrons. The van der Waals surface area contributed by atoms with Crippen molar-refractivity contribution in [3.63, 3.8) is 0 Å². The maximum Gasteiger partial charge on any atom is 0.289 e. The lowest BCUT2D eigenvalue weighted by Gasteiger charge is -2.10. The van der Waals surface area contributed by atoms with Gasteiger partial charge in [0, 0.05) is 5.56 Å². The highest BCUT2D eigenvalue weighted by atomic mass is 32.2. The first-order chi connectivity index (χ1) is 11.5. The van der Waals surface area contributed by atoms with E-state index in [0.29, 0.717) is 21.9 Å². The van der Waals surface area contributed by atoms with Gasteiger partial charge in [-0.2, -0.15) is 10.5 Å². The summed E-state index contributed by atoms with van der Waals surface area (Å²) in [5.74, 6) is 0.230. The minimum Gasteiger partial charge on any atom is -0.497 e. The quantitative estimate of drug-likeness (QED) is 0.780. The van der Waals surface area contributed by atoms with Gasteiger partial charge in [0.15, 0.2) is 5.03 Å². The van der Waals surface area contributed by atoms with Crippen LogP contribution in [-0.4, -0.2) is 18.8 Å². The summed E-state index contributed by atoms with van der Waals surface area (Å²) >= 11 is 1.06. The van der Waals surface area contributed by atoms with E-state index >= 15 is 0 Å². The van der Waals surface area contributed by atoms with Crippen molar-refractivity contribution in [2.45, 2.75) is 5.03 Å². The molecule has 0 saturated carbocycles. The summed E-state index contributed by atoms with van der Waals surface area (Å²) < 4.78 is 5.11. The van der Waals surface area contributed by atoms with Crippen molar-refractivity contribution in [3.05, 3.63) is 35.4 Å². The van der Waals surface area contributed by atoms with Crippen molar-refractivity contribution >= 4 is 23.5 Å². The number of pyridine rings is 1. The number of anilines is 1. The van der Waals surface area contributed by atoms with Crippen molar-refractivity contribution < 1.29 is 14.5 Å². The molecule has 0 aliphatic rings. The Bertz CT molecular complexity index is 866. The molecular formula is C16H14N5O2S+. The van der Waals surface area contributed by atoms with Crippen molar-refractivity contribution in [1.29, 1.82) is 10.5 Å². The number of hydrogen-bond acceptors (Lipinski definition) is 6. The van der Waals surface area contributed by atoms with Crippen molar-refractivity contribution in [1.82, 2.24) is 0 Å². The molecular weight excluding hydrogens is 326 g/mol. The Kier molecular flexibility index (Phi) is 5.25. The van der Waals surface area contributed by atoms with Gasteiger partial charge in [-0.15, -0.1) is 0 Å². The van der Waals surface area contributed by atoms with E-state index in [-0.39, 0.29) is 22.7 Å². The van der Waals surface area contributed by atoms with Crippen molar-refractivity contribution in [2.24, 2.45) is 5.73 Å². The maximum atomic E-state index is 11.0. The second-order valence-electron chi connectivity index (χ2n) is 4.70. The Balaban J connectivity index is 2.68. The van der Waals surface area contributed by atoms with Gasteiger partial charge in [0.25, 0.3) is 5.82 Å². The van der Waals surface area contributed by atoms with Gasteiger partial charge in [-0.3, -0.25) is 10.5 Å². The van der Waals surface area contributed by atoms with E-state index in [1.54, 1.807) is 31.4 Å². The van der Waals surface area contributed by atoms with E-state index in [2.05, 4.69) is 11.1 Å². The van der Waals surface area contributed by atoms with Gasteiger partial charge in [-0.1, -0.05) is 23.9 Å². The summed E-state index contributed by atoms with van der Waals surface area (Å²) in [6.45, 7) is 0. The van der Waals surface area contributed by atoms with Crippen LogP contribution in [-0.2, 0) is 4.79 Å². The molecule has 2 aromatic rings. The van der Waals surface area contributed by atoms with Crippen molar-refractivity contribution in [3.8, 4) is 29.0 Å². The molecule has 1 aromatic heterocycles. The molecule has 7 nitrogen and oxygen atoms in total. The number of thioether (sulfide) groups is 1. The number of ether oxygens (including phenoxy) is 1. The summed E-state index contributed by atoms with van der Waals surface area (Å²) in [5, 5.41) is 19.4. The fourth-order valence-electron chi connectivity index (χ4n) is 2.14. The Hall–Kier alpha value is -3.23. The molecule has 0 fully saturated rings. The number of nitrogens with two attached hydrogens (primary N) is 2. The number of H-pyrrole nitrogens is 1. The van der Waals surface area contributed by atoms with Crippen LogP contribution in [0.3, 0.4) is 0 Å². The third-order valence-electron chi connectivity index (χ3n) is 3.21. The Morgan fingerprint density at radius 2 is 1.88 bits per heavy atom. The molecule has 1 aromatic carbocycles. The monoisotopic (exact) mass is 340 g/mol. The van der Waals surface area contributed by atoms with Crippen LogP contribution >= 0.6 is 11.8 Å². The molecule has 24 heavy (non-hydrogen) atoms. The van der Waals surface area contributed by atoms with Gasteiger partial charge in [-0.05, 0) is 17.7 Å². The Morgan fingerprint density at radius 1 is 1.25 bits per heavy atom. The van der Waals surface area contributed by atoms with Crippen LogP contribution < -0.4 is 21.2 Å². The molecule has 1 amide bonds. The number of aromatic amines is 1. The fourth-order valence-corrected chi connectivity index (χ4v) is 2.90. The number of aromatic nitrogens is 1. The summed E-state index contributed by atoms with van der Waals surface area (Å²) in [5.41, 5.74) is 12.5. The standard InChI is InChI=1S/C16H13N5O2S/c1-23-10-4-2-9(3-5-10)14-11(6-17)15(20)21-16(12(14)7-18)24-8-13(19)22/h2-5H,8H2,1H3,(H2,19,22)(H2,20,21)/p+1. The fraction of sp³-hybridized carbons (Fsp3) is 0.125. The van der Waals surface area contributed by atoms with Gasteiger partial charge in [0.1, 0.15) is 29.0 Å². The number of benzene rings is 1. The zero-order valence-corrected chi connectivity index (χ0v) is 13.6. The molecule has 0 aliphatic carbocycles. The van der Waals surface area contributed by atoms with Gasteiger partial charge in [0.05, 0.1) is 12.9 Å². The third-order valence-corrected chi connectivity index (χ3v) is 4.23. The normalized spacial score (nSPS) is 9.79. The number of carbonyl (C=O) groups is 1. The summed E-state index contributed by atoms with van der Waals surface area (Å²) in [6.07, 6.45) is 0. The molecule has 0 aliphatic heterocycles. The molecule has 0 atom stereocenters. The van der Waals surface area contributed by atoms with Crippen LogP contribution in [0.25, 0.3) is 11.1 Å². The number of nitriles is 2. The lowest BCUT2D eigenvalue weighted by Crippen LogP contribution is -2.20. The van der Waals surface area contributed by atoms with E-state index in [4.69, 9.17) is 16.2 Å². The minimum atomic E-state index is -0.522. The first-order valence-corrected chi connectivity index (χ1v) is 7.74.